The smallest absolute Gasteiger partial charge is 0.308 e. The lowest BCUT2D eigenvalue weighted by Crippen LogP contribution is -2.29. The van der Waals surface area contributed by atoms with Gasteiger partial charge in [-0.25, -0.2) is 4.39 Å². The summed E-state index contributed by atoms with van der Waals surface area (Å²) in [4.78, 5) is 22.6. The van der Waals surface area contributed by atoms with E-state index in [4.69, 9.17) is 0 Å². The summed E-state index contributed by atoms with van der Waals surface area (Å²) >= 11 is 0. The molecule has 1 aliphatic carbocycles. The number of amides is 1. The van der Waals surface area contributed by atoms with E-state index in [1.807, 2.05) is 0 Å². The molecule has 0 aromatic heterocycles. The number of benzene rings is 1. The van der Waals surface area contributed by atoms with Gasteiger partial charge in [-0.15, -0.1) is 0 Å². The molecule has 0 N–H and O–H groups in total. The third kappa shape index (κ3) is 2.15. The summed E-state index contributed by atoms with van der Waals surface area (Å²) in [5, 5.41) is 10.5. The van der Waals surface area contributed by atoms with Crippen molar-refractivity contribution in [2.45, 2.75) is 18.9 Å². The average Bonchev–Trinajstić information content (AvgIpc) is 3.13. The Bertz CT molecular complexity index is 529. The fourth-order valence-corrected chi connectivity index (χ4v) is 1.68. The van der Waals surface area contributed by atoms with Crippen LogP contribution >= 0.6 is 0 Å². The van der Waals surface area contributed by atoms with E-state index >= 15 is 0 Å². The minimum absolute atomic E-state index is 0.0132. The van der Waals surface area contributed by atoms with Gasteiger partial charge in [-0.2, -0.15) is 4.39 Å². The molecular weight excluding hydrogens is 246 g/mol. The van der Waals surface area contributed by atoms with Crippen LogP contribution in [0.5, 0.6) is 0 Å². The van der Waals surface area contributed by atoms with E-state index in [-0.39, 0.29) is 6.04 Å². The fraction of sp³-hybridized carbons (Fsp3) is 0.364. The van der Waals surface area contributed by atoms with E-state index in [1.54, 1.807) is 0 Å². The van der Waals surface area contributed by atoms with Crippen molar-refractivity contribution in [2.24, 2.45) is 0 Å². The predicted octanol–water partition coefficient (Wildman–Crippen LogP) is 2.11. The first-order valence-electron chi connectivity index (χ1n) is 5.32. The van der Waals surface area contributed by atoms with Crippen molar-refractivity contribution in [3.63, 3.8) is 0 Å². The highest BCUT2D eigenvalue weighted by Crippen LogP contribution is 2.29. The molecule has 0 aliphatic heterocycles. The molecule has 7 heteroatoms. The first-order valence-corrected chi connectivity index (χ1v) is 5.32. The van der Waals surface area contributed by atoms with Crippen LogP contribution in [0, 0.1) is 21.7 Å². The molecule has 1 amide bonds. The quantitative estimate of drug-likeness (QED) is 0.614. The van der Waals surface area contributed by atoms with Crippen molar-refractivity contribution in [2.75, 3.05) is 7.05 Å². The van der Waals surface area contributed by atoms with Crippen molar-refractivity contribution >= 4 is 11.6 Å². The molecule has 1 aromatic carbocycles. The molecule has 1 saturated carbocycles. The Morgan fingerprint density at radius 1 is 1.44 bits per heavy atom. The average molecular weight is 256 g/mol. The summed E-state index contributed by atoms with van der Waals surface area (Å²) < 4.78 is 26.9. The van der Waals surface area contributed by atoms with Crippen LogP contribution in [-0.4, -0.2) is 28.8 Å². The Hall–Kier alpha value is -2.05. The van der Waals surface area contributed by atoms with Gasteiger partial charge in [0, 0.05) is 13.1 Å². The molecule has 1 aromatic rings. The number of hydrogen-bond donors (Lipinski definition) is 0. The molecule has 0 bridgehead atoms. The molecule has 0 atom stereocenters. The number of nitrogens with zero attached hydrogens (tertiary/aromatic N) is 2. The zero-order chi connectivity index (χ0) is 13.4. The minimum atomic E-state index is -1.29. The van der Waals surface area contributed by atoms with Gasteiger partial charge in [0.25, 0.3) is 5.91 Å². The Morgan fingerprint density at radius 2 is 2.06 bits per heavy atom. The Balaban J connectivity index is 2.43. The number of nitro benzene ring substituents is 1. The van der Waals surface area contributed by atoms with Gasteiger partial charge in [-0.05, 0) is 18.9 Å². The minimum Gasteiger partial charge on any atom is -0.339 e. The van der Waals surface area contributed by atoms with E-state index in [0.29, 0.717) is 12.1 Å². The molecule has 1 fully saturated rings. The molecule has 0 saturated heterocycles. The summed E-state index contributed by atoms with van der Waals surface area (Å²) in [7, 11) is 1.47. The molecule has 2 rings (SSSR count). The maximum absolute atomic E-state index is 13.7. The molecule has 5 nitrogen and oxygen atoms in total. The number of carbonyl (C=O) groups is 1. The summed E-state index contributed by atoms with van der Waals surface area (Å²) in [5.74, 6) is -3.04. The molecule has 0 radical (unpaired) electrons. The standard InChI is InChI=1S/C11H10F2N2O3/c1-14(7-2-3-7)11(16)8-4-6(12)5-9(10(8)13)15(17)18/h4-5,7H,2-3H2,1H3. The zero-order valence-corrected chi connectivity index (χ0v) is 9.52. The Kier molecular flexibility index (Phi) is 2.98. The normalized spacial score (nSPS) is 14.4. The third-order valence-electron chi connectivity index (χ3n) is 2.86. The maximum Gasteiger partial charge on any atom is 0.308 e. The van der Waals surface area contributed by atoms with Gasteiger partial charge >= 0.3 is 5.69 Å². The van der Waals surface area contributed by atoms with Crippen LogP contribution in [0.15, 0.2) is 12.1 Å². The van der Waals surface area contributed by atoms with Crippen LogP contribution < -0.4 is 0 Å². The molecule has 18 heavy (non-hydrogen) atoms. The predicted molar refractivity (Wildman–Crippen MR) is 58.1 cm³/mol. The number of nitro groups is 1. The Labute approximate surface area is 101 Å². The topological polar surface area (TPSA) is 63.5 Å². The lowest BCUT2D eigenvalue weighted by molar-refractivity contribution is -0.387. The van der Waals surface area contributed by atoms with Gasteiger partial charge < -0.3 is 4.90 Å². The summed E-state index contributed by atoms with van der Waals surface area (Å²) in [6, 6.07) is 1.16. The SMILES string of the molecule is CN(C(=O)c1cc(F)cc([N+](=O)[O-])c1F)C1CC1. The highest BCUT2D eigenvalue weighted by Gasteiger charge is 2.33. The van der Waals surface area contributed by atoms with E-state index < -0.39 is 33.7 Å². The number of hydrogen-bond acceptors (Lipinski definition) is 3. The van der Waals surface area contributed by atoms with Crippen LogP contribution in [-0.2, 0) is 0 Å². The van der Waals surface area contributed by atoms with Gasteiger partial charge in [0.2, 0.25) is 5.82 Å². The summed E-state index contributed by atoms with van der Waals surface area (Å²) in [5.41, 5.74) is -1.63. The van der Waals surface area contributed by atoms with Gasteiger partial charge in [0.05, 0.1) is 16.6 Å². The van der Waals surface area contributed by atoms with E-state index in [0.717, 1.165) is 12.8 Å². The largest absolute Gasteiger partial charge is 0.339 e. The first-order chi connectivity index (χ1) is 8.41. The van der Waals surface area contributed by atoms with E-state index in [2.05, 4.69) is 0 Å². The molecule has 0 unspecified atom stereocenters. The number of halogens is 2. The van der Waals surface area contributed by atoms with E-state index in [1.165, 1.54) is 11.9 Å². The van der Waals surface area contributed by atoms with Crippen LogP contribution in [0.4, 0.5) is 14.5 Å². The second-order valence-corrected chi connectivity index (χ2v) is 4.19. The monoisotopic (exact) mass is 256 g/mol. The highest BCUT2D eigenvalue weighted by molar-refractivity contribution is 5.95. The molecule has 96 valence electrons. The third-order valence-corrected chi connectivity index (χ3v) is 2.86. The second kappa shape index (κ2) is 4.32. The second-order valence-electron chi connectivity index (χ2n) is 4.19. The van der Waals surface area contributed by atoms with Gasteiger partial charge in [0.15, 0.2) is 0 Å². The number of rotatable bonds is 3. The first kappa shape index (κ1) is 12.4. The number of carbonyl (C=O) groups excluding carboxylic acids is 1. The van der Waals surface area contributed by atoms with Gasteiger partial charge in [-0.3, -0.25) is 14.9 Å². The highest BCUT2D eigenvalue weighted by atomic mass is 19.1. The zero-order valence-electron chi connectivity index (χ0n) is 9.52. The van der Waals surface area contributed by atoms with E-state index in [9.17, 15) is 23.7 Å². The molecular formula is C11H10F2N2O3. The molecule has 1 aliphatic rings. The van der Waals surface area contributed by atoms with Crippen molar-refractivity contribution in [1.82, 2.24) is 4.90 Å². The lowest BCUT2D eigenvalue weighted by Gasteiger charge is -2.16. The summed E-state index contributed by atoms with van der Waals surface area (Å²) in [6.07, 6.45) is 1.61. The van der Waals surface area contributed by atoms with Crippen LogP contribution in [0.25, 0.3) is 0 Å². The Morgan fingerprint density at radius 3 is 2.56 bits per heavy atom. The van der Waals surface area contributed by atoms with Crippen molar-refractivity contribution in [3.05, 3.63) is 39.4 Å². The van der Waals surface area contributed by atoms with Gasteiger partial charge in [0.1, 0.15) is 5.82 Å². The molecule has 0 spiro atoms. The van der Waals surface area contributed by atoms with Crippen molar-refractivity contribution in [1.29, 1.82) is 0 Å². The summed E-state index contributed by atoms with van der Waals surface area (Å²) in [6.45, 7) is 0. The maximum atomic E-state index is 13.7. The lowest BCUT2D eigenvalue weighted by atomic mass is 10.1. The van der Waals surface area contributed by atoms with Crippen LogP contribution in [0.2, 0.25) is 0 Å². The van der Waals surface area contributed by atoms with Crippen molar-refractivity contribution in [3.8, 4) is 0 Å². The van der Waals surface area contributed by atoms with Crippen molar-refractivity contribution < 1.29 is 18.5 Å². The molecule has 0 heterocycles. The van der Waals surface area contributed by atoms with Gasteiger partial charge in [-0.1, -0.05) is 0 Å². The van der Waals surface area contributed by atoms with Crippen LogP contribution in [0.3, 0.4) is 0 Å². The fourth-order valence-electron chi connectivity index (χ4n) is 1.68. The van der Waals surface area contributed by atoms with Crippen LogP contribution in [0.1, 0.15) is 23.2 Å².